The average Bonchev–Trinajstić information content (AvgIpc) is 2.97. The van der Waals surface area contributed by atoms with Gasteiger partial charge in [0.25, 0.3) is 0 Å². The molecule has 0 radical (unpaired) electrons. The number of likely N-dealkylation sites (tertiary alicyclic amines) is 1. The minimum atomic E-state index is -0.0241. The summed E-state index contributed by atoms with van der Waals surface area (Å²) in [6.07, 6.45) is 27.4. The van der Waals surface area contributed by atoms with Crippen molar-refractivity contribution in [2.75, 3.05) is 26.7 Å². The number of unbranched alkanes of at least 4 members (excludes halogenated alkanes) is 13. The van der Waals surface area contributed by atoms with E-state index < -0.39 is 0 Å². The summed E-state index contributed by atoms with van der Waals surface area (Å²) in [6.45, 7) is 9.32. The molecule has 0 bridgehead atoms. The van der Waals surface area contributed by atoms with Crippen LogP contribution in [0.1, 0.15) is 175 Å². The lowest BCUT2D eigenvalue weighted by molar-refractivity contribution is -0.156. The molecule has 1 aliphatic heterocycles. The van der Waals surface area contributed by atoms with Crippen molar-refractivity contribution in [2.45, 2.75) is 181 Å². The van der Waals surface area contributed by atoms with Crippen molar-refractivity contribution in [1.82, 2.24) is 4.90 Å². The lowest BCUT2D eigenvalue weighted by atomic mass is 9.96. The van der Waals surface area contributed by atoms with E-state index in [1.807, 2.05) is 0 Å². The molecule has 5 nitrogen and oxygen atoms in total. The first kappa shape index (κ1) is 37.9. The van der Waals surface area contributed by atoms with Gasteiger partial charge in [-0.25, -0.2) is 0 Å². The van der Waals surface area contributed by atoms with Gasteiger partial charge in [-0.3, -0.25) is 9.59 Å². The van der Waals surface area contributed by atoms with Crippen LogP contribution in [0.25, 0.3) is 0 Å². The third-order valence-corrected chi connectivity index (χ3v) is 9.03. The fourth-order valence-electron chi connectivity index (χ4n) is 6.04. The molecule has 1 rings (SSSR count). The van der Waals surface area contributed by atoms with Gasteiger partial charge in [0.05, 0.1) is 12.5 Å². The second-order valence-corrected chi connectivity index (χ2v) is 13.0. The van der Waals surface area contributed by atoms with Gasteiger partial charge in [0, 0.05) is 6.42 Å². The smallest absolute Gasteiger partial charge is 0.309 e. The molecule has 1 fully saturated rings. The second-order valence-electron chi connectivity index (χ2n) is 13.0. The molecule has 2 atom stereocenters. The van der Waals surface area contributed by atoms with Crippen LogP contribution in [0.4, 0.5) is 0 Å². The highest BCUT2D eigenvalue weighted by Gasteiger charge is 2.26. The van der Waals surface area contributed by atoms with Crippen LogP contribution in [0.3, 0.4) is 0 Å². The summed E-state index contributed by atoms with van der Waals surface area (Å²) in [5.41, 5.74) is 0. The lowest BCUT2D eigenvalue weighted by Gasteiger charge is -2.29. The lowest BCUT2D eigenvalue weighted by Crippen LogP contribution is -2.35. The summed E-state index contributed by atoms with van der Waals surface area (Å²) in [4.78, 5) is 27.6. The van der Waals surface area contributed by atoms with Crippen LogP contribution < -0.4 is 0 Å². The molecule has 0 aliphatic carbocycles. The maximum Gasteiger partial charge on any atom is 0.309 e. The first-order chi connectivity index (χ1) is 20.0. The molecule has 1 aliphatic rings. The third-order valence-electron chi connectivity index (χ3n) is 9.03. The van der Waals surface area contributed by atoms with Gasteiger partial charge in [-0.05, 0) is 83.8 Å². The fraction of sp³-hybridized carbons (Fsp3) is 0.944. The van der Waals surface area contributed by atoms with Crippen molar-refractivity contribution in [3.05, 3.63) is 0 Å². The maximum atomic E-state index is 12.9. The van der Waals surface area contributed by atoms with Crippen molar-refractivity contribution in [1.29, 1.82) is 0 Å². The predicted octanol–water partition coefficient (Wildman–Crippen LogP) is 10.0. The molecule has 5 heteroatoms. The Kier molecular flexibility index (Phi) is 24.5. The van der Waals surface area contributed by atoms with Crippen molar-refractivity contribution in [3.63, 3.8) is 0 Å². The van der Waals surface area contributed by atoms with Gasteiger partial charge in [0.2, 0.25) is 0 Å². The number of hydrogen-bond donors (Lipinski definition) is 0. The molecule has 0 N–H and O–H groups in total. The Morgan fingerprint density at radius 3 is 1.76 bits per heavy atom. The summed E-state index contributed by atoms with van der Waals surface area (Å²) in [6, 6.07) is 0. The van der Waals surface area contributed by atoms with E-state index in [-0.39, 0.29) is 24.0 Å². The monoisotopic (exact) mass is 580 g/mol. The van der Waals surface area contributed by atoms with Gasteiger partial charge in [-0.2, -0.15) is 0 Å². The van der Waals surface area contributed by atoms with Gasteiger partial charge >= 0.3 is 11.9 Å². The zero-order valence-electron chi connectivity index (χ0n) is 27.9. The highest BCUT2D eigenvalue weighted by atomic mass is 16.5. The first-order valence-corrected chi connectivity index (χ1v) is 18.0. The van der Waals surface area contributed by atoms with Gasteiger partial charge < -0.3 is 14.4 Å². The van der Waals surface area contributed by atoms with Crippen molar-refractivity contribution >= 4 is 11.9 Å². The quantitative estimate of drug-likeness (QED) is 0.0716. The number of piperidine rings is 1. The van der Waals surface area contributed by atoms with Gasteiger partial charge in [0.1, 0.15) is 6.10 Å². The average molecular weight is 580 g/mol. The molecule has 0 aromatic rings. The Balaban J connectivity index is 2.30. The Morgan fingerprint density at radius 1 is 0.659 bits per heavy atom. The van der Waals surface area contributed by atoms with Crippen LogP contribution in [0, 0.1) is 11.8 Å². The van der Waals surface area contributed by atoms with E-state index in [1.165, 1.54) is 89.9 Å². The zero-order chi connectivity index (χ0) is 30.0. The highest BCUT2D eigenvalue weighted by molar-refractivity contribution is 5.72. The number of rotatable bonds is 27. The first-order valence-electron chi connectivity index (χ1n) is 18.0. The Labute approximate surface area is 255 Å². The largest absolute Gasteiger partial charge is 0.465 e. The minimum Gasteiger partial charge on any atom is -0.465 e. The molecule has 0 saturated carbocycles. The molecule has 0 aromatic heterocycles. The van der Waals surface area contributed by atoms with E-state index in [1.54, 1.807) is 0 Å². The van der Waals surface area contributed by atoms with Gasteiger partial charge in [-0.1, -0.05) is 111 Å². The van der Waals surface area contributed by atoms with E-state index in [0.717, 1.165) is 70.9 Å². The van der Waals surface area contributed by atoms with Crippen LogP contribution in [0.5, 0.6) is 0 Å². The van der Waals surface area contributed by atoms with Crippen molar-refractivity contribution in [2.24, 2.45) is 11.8 Å². The standard InChI is InChI=1S/C36H69NO4/c1-5-8-11-13-14-15-19-24-34(41-36(39)33-27-29-37(4)30-28-33)25-20-16-17-21-26-35(38)40-31-32(22-10-7-3)23-18-12-9-6-2/h32-34H,5-31H2,1-4H3. The Morgan fingerprint density at radius 2 is 1.15 bits per heavy atom. The van der Waals surface area contributed by atoms with Gasteiger partial charge in [-0.15, -0.1) is 0 Å². The van der Waals surface area contributed by atoms with Crippen LogP contribution in [-0.4, -0.2) is 49.7 Å². The number of carbonyl (C=O) groups excluding carboxylic acids is 2. The molecule has 242 valence electrons. The fourth-order valence-corrected chi connectivity index (χ4v) is 6.04. The molecule has 1 heterocycles. The molecular formula is C36H69NO4. The normalized spacial score (nSPS) is 16.0. The minimum absolute atomic E-state index is 0.0241. The molecule has 0 aromatic carbocycles. The second kappa shape index (κ2) is 26.5. The van der Waals surface area contributed by atoms with Gasteiger partial charge in [0.15, 0.2) is 0 Å². The van der Waals surface area contributed by atoms with Crippen molar-refractivity contribution < 1.29 is 19.1 Å². The number of carbonyl (C=O) groups is 2. The number of hydrogen-bond acceptors (Lipinski definition) is 5. The molecular weight excluding hydrogens is 510 g/mol. The van der Waals surface area contributed by atoms with Crippen LogP contribution in [-0.2, 0) is 19.1 Å². The summed E-state index contributed by atoms with van der Waals surface area (Å²) >= 11 is 0. The SMILES string of the molecule is CCCCCCCCCC(CCCCCCC(=O)OCC(CCCC)CCCCCC)OC(=O)C1CCN(C)CC1. The number of ether oxygens (including phenoxy) is 2. The van der Waals surface area contributed by atoms with Crippen molar-refractivity contribution in [3.8, 4) is 0 Å². The summed E-state index contributed by atoms with van der Waals surface area (Å²) in [7, 11) is 2.13. The third kappa shape index (κ3) is 21.3. The number of esters is 2. The molecule has 1 saturated heterocycles. The van der Waals surface area contributed by atoms with Crippen LogP contribution in [0.15, 0.2) is 0 Å². The molecule has 0 spiro atoms. The predicted molar refractivity (Wildman–Crippen MR) is 173 cm³/mol. The van der Waals surface area contributed by atoms with E-state index in [0.29, 0.717) is 18.9 Å². The molecule has 41 heavy (non-hydrogen) atoms. The zero-order valence-corrected chi connectivity index (χ0v) is 27.9. The van der Waals surface area contributed by atoms with Crippen LogP contribution >= 0.6 is 0 Å². The topological polar surface area (TPSA) is 55.8 Å². The van der Waals surface area contributed by atoms with E-state index >= 15 is 0 Å². The van der Waals surface area contributed by atoms with E-state index in [9.17, 15) is 9.59 Å². The molecule has 0 amide bonds. The summed E-state index contributed by atoms with van der Waals surface area (Å²) in [5.74, 6) is 0.619. The maximum absolute atomic E-state index is 12.9. The summed E-state index contributed by atoms with van der Waals surface area (Å²) < 4.78 is 11.8. The van der Waals surface area contributed by atoms with Crippen LogP contribution in [0.2, 0.25) is 0 Å². The Hall–Kier alpha value is -1.10. The van der Waals surface area contributed by atoms with E-state index in [4.69, 9.17) is 9.47 Å². The number of nitrogens with zero attached hydrogens (tertiary/aromatic N) is 1. The Bertz CT molecular complexity index is 617. The van der Waals surface area contributed by atoms with E-state index in [2.05, 4.69) is 32.7 Å². The highest BCUT2D eigenvalue weighted by Crippen LogP contribution is 2.23. The molecule has 2 unspecified atom stereocenters. The summed E-state index contributed by atoms with van der Waals surface area (Å²) in [5, 5.41) is 0.